The summed E-state index contributed by atoms with van der Waals surface area (Å²) in [5.74, 6) is 0.526. The highest BCUT2D eigenvalue weighted by atomic mass is 35.5. The highest BCUT2D eigenvalue weighted by Gasteiger charge is 2.15. The summed E-state index contributed by atoms with van der Waals surface area (Å²) in [6, 6.07) is 1.87. The molecular weight excluding hydrogens is 368 g/mol. The molecule has 27 heavy (non-hydrogen) atoms. The first-order valence-electron chi connectivity index (χ1n) is 8.27. The van der Waals surface area contributed by atoms with Crippen LogP contribution in [0.15, 0.2) is 24.8 Å². The summed E-state index contributed by atoms with van der Waals surface area (Å²) in [4.78, 5) is 8.99. The fraction of sp³-hybridized carbons (Fsp3) is 0.250. The van der Waals surface area contributed by atoms with Gasteiger partial charge in [0, 0.05) is 13.2 Å². The molecule has 0 atom stereocenters. The fourth-order valence-corrected chi connectivity index (χ4v) is 3.19. The van der Waals surface area contributed by atoms with Crippen LogP contribution >= 0.6 is 11.6 Å². The molecule has 5 rings (SSSR count). The summed E-state index contributed by atoms with van der Waals surface area (Å²) in [5.41, 5.74) is 3.83. The molecule has 11 heteroatoms. The Hall–Kier alpha value is -3.27. The van der Waals surface area contributed by atoms with Gasteiger partial charge in [0.25, 0.3) is 0 Å². The minimum absolute atomic E-state index is 0.459. The molecule has 0 bridgehead atoms. The molecule has 0 amide bonds. The van der Waals surface area contributed by atoms with E-state index in [9.17, 15) is 0 Å². The molecule has 0 aliphatic rings. The van der Waals surface area contributed by atoms with E-state index in [2.05, 4.69) is 30.4 Å². The van der Waals surface area contributed by atoms with Gasteiger partial charge in [-0.2, -0.15) is 15.3 Å². The number of nitrogens with zero attached hydrogens (tertiary/aromatic N) is 10. The maximum Gasteiger partial charge on any atom is 0.202 e. The second-order valence-electron chi connectivity index (χ2n) is 6.32. The molecule has 5 aromatic rings. The molecule has 5 aromatic heterocycles. The largest absolute Gasteiger partial charge is 0.250 e. The van der Waals surface area contributed by atoms with Crippen molar-refractivity contribution in [2.24, 2.45) is 7.05 Å². The topological polar surface area (TPSA) is 96.5 Å². The smallest absolute Gasteiger partial charge is 0.202 e. The van der Waals surface area contributed by atoms with Crippen molar-refractivity contribution in [3.05, 3.63) is 41.2 Å². The predicted molar refractivity (Wildman–Crippen MR) is 98.4 cm³/mol. The van der Waals surface area contributed by atoms with Gasteiger partial charge >= 0.3 is 0 Å². The normalized spacial score (nSPS) is 11.9. The van der Waals surface area contributed by atoms with Crippen molar-refractivity contribution in [3.8, 4) is 11.5 Å². The van der Waals surface area contributed by atoms with Crippen LogP contribution in [0.1, 0.15) is 11.4 Å². The molecule has 0 spiro atoms. The molecule has 0 unspecified atom stereocenters. The molecule has 0 aliphatic heterocycles. The van der Waals surface area contributed by atoms with E-state index in [0.717, 1.165) is 22.4 Å². The van der Waals surface area contributed by atoms with Crippen LogP contribution in [0.3, 0.4) is 0 Å². The van der Waals surface area contributed by atoms with Gasteiger partial charge in [0.05, 0.1) is 28.0 Å². The Morgan fingerprint density at radius 3 is 2.74 bits per heavy atom. The van der Waals surface area contributed by atoms with Gasteiger partial charge in [0.2, 0.25) is 5.82 Å². The van der Waals surface area contributed by atoms with Crippen molar-refractivity contribution in [1.82, 2.24) is 48.9 Å². The van der Waals surface area contributed by atoms with E-state index in [1.165, 1.54) is 0 Å². The molecule has 5 heterocycles. The Morgan fingerprint density at radius 2 is 1.96 bits per heavy atom. The SMILES string of the molecule is Cc1nn(Cn2ccc(-c3nc4c5cnn(C)c5ncn4n3)n2)c(C)c1Cl. The first kappa shape index (κ1) is 15.9. The van der Waals surface area contributed by atoms with E-state index in [-0.39, 0.29) is 0 Å². The Kier molecular flexibility index (Phi) is 3.31. The second kappa shape index (κ2) is 5.61. The van der Waals surface area contributed by atoms with E-state index in [1.807, 2.05) is 37.8 Å². The highest BCUT2D eigenvalue weighted by Crippen LogP contribution is 2.21. The van der Waals surface area contributed by atoms with Crippen molar-refractivity contribution >= 4 is 28.3 Å². The third-order valence-electron chi connectivity index (χ3n) is 4.51. The van der Waals surface area contributed by atoms with E-state index in [4.69, 9.17) is 11.6 Å². The van der Waals surface area contributed by atoms with E-state index in [0.29, 0.717) is 28.9 Å². The average Bonchev–Trinajstić information content (AvgIpc) is 3.40. The van der Waals surface area contributed by atoms with E-state index in [1.54, 1.807) is 26.4 Å². The Bertz CT molecular complexity index is 1300. The first-order valence-corrected chi connectivity index (χ1v) is 8.65. The highest BCUT2D eigenvalue weighted by molar-refractivity contribution is 6.31. The van der Waals surface area contributed by atoms with Crippen molar-refractivity contribution in [2.45, 2.75) is 20.5 Å². The zero-order valence-electron chi connectivity index (χ0n) is 14.9. The van der Waals surface area contributed by atoms with Gasteiger partial charge in [0.1, 0.15) is 18.7 Å². The summed E-state index contributed by atoms with van der Waals surface area (Å²) < 4.78 is 6.93. The molecular formula is C16H15ClN10. The van der Waals surface area contributed by atoms with Crippen LogP contribution in [0.4, 0.5) is 0 Å². The maximum absolute atomic E-state index is 6.21. The van der Waals surface area contributed by atoms with Gasteiger partial charge in [-0.25, -0.2) is 19.2 Å². The first-order chi connectivity index (χ1) is 13.0. The molecule has 0 saturated heterocycles. The molecule has 0 saturated carbocycles. The van der Waals surface area contributed by atoms with Gasteiger partial charge in [-0.3, -0.25) is 9.36 Å². The lowest BCUT2D eigenvalue weighted by molar-refractivity contribution is 0.492. The molecule has 10 nitrogen and oxygen atoms in total. The van der Waals surface area contributed by atoms with Crippen molar-refractivity contribution < 1.29 is 0 Å². The molecule has 136 valence electrons. The average molecular weight is 383 g/mol. The molecule has 0 fully saturated rings. The van der Waals surface area contributed by atoms with Gasteiger partial charge in [-0.15, -0.1) is 5.10 Å². The van der Waals surface area contributed by atoms with Crippen LogP contribution < -0.4 is 0 Å². The monoisotopic (exact) mass is 382 g/mol. The third-order valence-corrected chi connectivity index (χ3v) is 5.06. The number of halogens is 1. The Labute approximate surface area is 158 Å². The number of rotatable bonds is 3. The number of hydrogen-bond acceptors (Lipinski definition) is 6. The van der Waals surface area contributed by atoms with E-state index < -0.39 is 0 Å². The van der Waals surface area contributed by atoms with Gasteiger partial charge < -0.3 is 0 Å². The molecule has 0 aliphatic carbocycles. The van der Waals surface area contributed by atoms with Crippen molar-refractivity contribution in [3.63, 3.8) is 0 Å². The number of hydrogen-bond donors (Lipinski definition) is 0. The third kappa shape index (κ3) is 2.40. The van der Waals surface area contributed by atoms with Crippen LogP contribution in [0.25, 0.3) is 28.2 Å². The standard InChI is InChI=1S/C16H15ClN10/c1-9-13(17)10(2)27(21-9)8-25-5-4-12(22-25)14-20-16-11-6-19-24(3)15(11)18-7-26(16)23-14/h4-7H,8H2,1-3H3. The number of aromatic nitrogens is 10. The van der Waals surface area contributed by atoms with Crippen LogP contribution in [0, 0.1) is 13.8 Å². The molecule has 0 aromatic carbocycles. The summed E-state index contributed by atoms with van der Waals surface area (Å²) in [6.07, 6.45) is 5.23. The quantitative estimate of drug-likeness (QED) is 0.472. The van der Waals surface area contributed by atoms with Crippen LogP contribution in [-0.2, 0) is 13.7 Å². The van der Waals surface area contributed by atoms with Crippen LogP contribution in [0.2, 0.25) is 5.02 Å². The lowest BCUT2D eigenvalue weighted by Gasteiger charge is -2.04. The van der Waals surface area contributed by atoms with Crippen molar-refractivity contribution in [2.75, 3.05) is 0 Å². The van der Waals surface area contributed by atoms with Gasteiger partial charge in [0.15, 0.2) is 11.3 Å². The summed E-state index contributed by atoms with van der Waals surface area (Å²) in [6.45, 7) is 4.28. The fourth-order valence-electron chi connectivity index (χ4n) is 3.06. The molecule has 0 radical (unpaired) electrons. The maximum atomic E-state index is 6.21. The Balaban J connectivity index is 1.52. The zero-order valence-corrected chi connectivity index (χ0v) is 15.6. The second-order valence-corrected chi connectivity index (χ2v) is 6.70. The summed E-state index contributed by atoms with van der Waals surface area (Å²) >= 11 is 6.21. The number of fused-ring (bicyclic) bond motifs is 3. The Morgan fingerprint density at radius 1 is 1.11 bits per heavy atom. The lowest BCUT2D eigenvalue weighted by atomic mass is 10.4. The van der Waals surface area contributed by atoms with E-state index >= 15 is 0 Å². The summed E-state index contributed by atoms with van der Waals surface area (Å²) in [5, 5.41) is 19.2. The minimum atomic E-state index is 0.459. The van der Waals surface area contributed by atoms with Gasteiger partial charge in [-0.05, 0) is 19.9 Å². The van der Waals surface area contributed by atoms with Gasteiger partial charge in [-0.1, -0.05) is 11.6 Å². The molecule has 0 N–H and O–H groups in total. The predicted octanol–water partition coefficient (Wildman–Crippen LogP) is 1.85. The summed E-state index contributed by atoms with van der Waals surface area (Å²) in [7, 11) is 1.84. The van der Waals surface area contributed by atoms with Crippen LogP contribution in [0.5, 0.6) is 0 Å². The minimum Gasteiger partial charge on any atom is -0.250 e. The lowest BCUT2D eigenvalue weighted by Crippen LogP contribution is -2.11. The number of aryl methyl sites for hydroxylation is 2. The van der Waals surface area contributed by atoms with Crippen LogP contribution in [-0.4, -0.2) is 48.9 Å². The zero-order chi connectivity index (χ0) is 18.7. The van der Waals surface area contributed by atoms with Crippen molar-refractivity contribution in [1.29, 1.82) is 0 Å².